The summed E-state index contributed by atoms with van der Waals surface area (Å²) in [5.41, 5.74) is 0.554. The number of nitrogens with zero attached hydrogens (tertiary/aromatic N) is 3. The lowest BCUT2D eigenvalue weighted by molar-refractivity contribution is -0.0294. The molecule has 1 fully saturated rings. The molecule has 18 heavy (non-hydrogen) atoms. The number of nitrogens with one attached hydrogen (secondary N) is 1. The van der Waals surface area contributed by atoms with Crippen molar-refractivity contribution in [2.24, 2.45) is 5.92 Å². The molecule has 2 aromatic rings. The van der Waals surface area contributed by atoms with Crippen molar-refractivity contribution in [3.8, 4) is 0 Å². The Morgan fingerprint density at radius 2 is 2.44 bits per heavy atom. The van der Waals surface area contributed by atoms with Crippen molar-refractivity contribution in [3.63, 3.8) is 0 Å². The number of H-pyrrole nitrogens is 1. The molecule has 0 amide bonds. The molecular formula is C11H14N4O3. The first-order valence-electron chi connectivity index (χ1n) is 5.87. The van der Waals surface area contributed by atoms with Gasteiger partial charge in [0.05, 0.1) is 25.4 Å². The van der Waals surface area contributed by atoms with E-state index in [1.807, 2.05) is 6.92 Å². The van der Waals surface area contributed by atoms with Crippen LogP contribution in [-0.2, 0) is 4.74 Å². The van der Waals surface area contributed by atoms with E-state index in [4.69, 9.17) is 9.84 Å². The Bertz CT molecular complexity index is 620. The fourth-order valence-corrected chi connectivity index (χ4v) is 2.42. The van der Waals surface area contributed by atoms with Crippen molar-refractivity contribution in [1.82, 2.24) is 19.5 Å². The minimum Gasteiger partial charge on any atom is -0.394 e. The highest BCUT2D eigenvalue weighted by molar-refractivity contribution is 5.68. The van der Waals surface area contributed by atoms with E-state index in [-0.39, 0.29) is 30.4 Å². The van der Waals surface area contributed by atoms with Crippen LogP contribution >= 0.6 is 0 Å². The molecule has 1 aliphatic rings. The molecule has 2 aromatic heterocycles. The molecule has 0 saturated carbocycles. The summed E-state index contributed by atoms with van der Waals surface area (Å²) in [5, 5.41) is 9.14. The van der Waals surface area contributed by atoms with Crippen molar-refractivity contribution in [2.75, 3.05) is 6.61 Å². The minimum atomic E-state index is -0.261. The van der Waals surface area contributed by atoms with E-state index in [1.165, 1.54) is 6.33 Å². The normalized spacial score (nSPS) is 28.0. The predicted octanol–water partition coefficient (Wildman–Crippen LogP) is 0.0355. The summed E-state index contributed by atoms with van der Waals surface area (Å²) in [6.45, 7) is 2.04. The van der Waals surface area contributed by atoms with E-state index in [9.17, 15) is 4.79 Å². The van der Waals surface area contributed by atoms with Crippen molar-refractivity contribution in [1.29, 1.82) is 0 Å². The number of aliphatic hydroxyl groups excluding tert-OH is 1. The van der Waals surface area contributed by atoms with Gasteiger partial charge < -0.3 is 14.8 Å². The van der Waals surface area contributed by atoms with E-state index in [0.29, 0.717) is 11.2 Å². The lowest BCUT2D eigenvalue weighted by atomic mass is 10.1. The van der Waals surface area contributed by atoms with Gasteiger partial charge in [-0.2, -0.15) is 0 Å². The number of ether oxygens (including phenoxy) is 1. The van der Waals surface area contributed by atoms with Crippen LogP contribution in [0.25, 0.3) is 11.2 Å². The first-order valence-corrected chi connectivity index (χ1v) is 5.87. The second kappa shape index (κ2) is 4.18. The van der Waals surface area contributed by atoms with E-state index in [2.05, 4.69) is 15.0 Å². The lowest BCUT2D eigenvalue weighted by Crippen LogP contribution is -2.16. The molecule has 96 valence electrons. The van der Waals surface area contributed by atoms with Crippen LogP contribution < -0.4 is 5.56 Å². The minimum absolute atomic E-state index is 0.00147. The number of hydrogen-bond donors (Lipinski definition) is 2. The maximum Gasteiger partial charge on any atom is 0.278 e. The average Bonchev–Trinajstić information content (AvgIpc) is 2.93. The highest BCUT2D eigenvalue weighted by Gasteiger charge is 2.34. The number of rotatable bonds is 2. The molecule has 0 aliphatic carbocycles. The SMILES string of the molecule is C[C@@H]1C[C@@H](CO)O[C@H]1n1cnc2c(=O)[nH]cnc21. The van der Waals surface area contributed by atoms with Crippen LogP contribution in [0.4, 0.5) is 0 Å². The van der Waals surface area contributed by atoms with Crippen LogP contribution in [0.5, 0.6) is 0 Å². The van der Waals surface area contributed by atoms with Gasteiger partial charge in [-0.3, -0.25) is 9.36 Å². The zero-order valence-electron chi connectivity index (χ0n) is 9.91. The van der Waals surface area contributed by atoms with Crippen LogP contribution in [0, 0.1) is 5.92 Å². The van der Waals surface area contributed by atoms with Gasteiger partial charge in [0.2, 0.25) is 0 Å². The molecule has 2 N–H and O–H groups in total. The summed E-state index contributed by atoms with van der Waals surface area (Å²) in [6.07, 6.45) is 3.30. The summed E-state index contributed by atoms with van der Waals surface area (Å²) in [6, 6.07) is 0. The molecule has 0 bridgehead atoms. The molecule has 3 heterocycles. The number of imidazole rings is 1. The first-order chi connectivity index (χ1) is 8.70. The quantitative estimate of drug-likeness (QED) is 0.784. The number of fused-ring (bicyclic) bond motifs is 1. The lowest BCUT2D eigenvalue weighted by Gasteiger charge is -2.16. The first kappa shape index (κ1) is 11.4. The maximum atomic E-state index is 11.6. The molecule has 3 atom stereocenters. The fraction of sp³-hybridized carbons (Fsp3) is 0.545. The monoisotopic (exact) mass is 250 g/mol. The fourth-order valence-electron chi connectivity index (χ4n) is 2.42. The maximum absolute atomic E-state index is 11.6. The third kappa shape index (κ3) is 1.63. The summed E-state index contributed by atoms with van der Waals surface area (Å²) >= 11 is 0. The van der Waals surface area contributed by atoms with Crippen LogP contribution in [-0.4, -0.2) is 37.3 Å². The van der Waals surface area contributed by atoms with Crippen molar-refractivity contribution in [3.05, 3.63) is 23.0 Å². The standard InChI is InChI=1S/C11H14N4O3/c1-6-2-7(3-16)18-11(6)15-5-14-8-9(15)12-4-13-10(8)17/h4-7,11,16H,2-3H2,1H3,(H,12,13,17)/t6-,7+,11-/m1/s1. The van der Waals surface area contributed by atoms with Crippen LogP contribution in [0.2, 0.25) is 0 Å². The van der Waals surface area contributed by atoms with Crippen molar-refractivity contribution < 1.29 is 9.84 Å². The molecular weight excluding hydrogens is 236 g/mol. The van der Waals surface area contributed by atoms with Gasteiger partial charge >= 0.3 is 0 Å². The Kier molecular flexibility index (Phi) is 2.64. The number of aromatic amines is 1. The zero-order chi connectivity index (χ0) is 12.7. The summed E-state index contributed by atoms with van der Waals surface area (Å²) in [5.74, 6) is 0.237. The Morgan fingerprint density at radius 3 is 3.17 bits per heavy atom. The van der Waals surface area contributed by atoms with Crippen LogP contribution in [0.1, 0.15) is 19.6 Å². The highest BCUT2D eigenvalue weighted by Crippen LogP contribution is 2.34. The summed E-state index contributed by atoms with van der Waals surface area (Å²) in [4.78, 5) is 22.2. The van der Waals surface area contributed by atoms with E-state index < -0.39 is 0 Å². The van der Waals surface area contributed by atoms with Gasteiger partial charge in [-0.25, -0.2) is 9.97 Å². The van der Waals surface area contributed by atoms with Gasteiger partial charge in [0.15, 0.2) is 11.2 Å². The number of aromatic nitrogens is 4. The zero-order valence-corrected chi connectivity index (χ0v) is 9.91. The second-order valence-corrected chi connectivity index (χ2v) is 4.60. The predicted molar refractivity (Wildman–Crippen MR) is 62.9 cm³/mol. The summed E-state index contributed by atoms with van der Waals surface area (Å²) in [7, 11) is 0. The Labute approximate surface area is 102 Å². The smallest absolute Gasteiger partial charge is 0.278 e. The van der Waals surface area contributed by atoms with E-state index >= 15 is 0 Å². The molecule has 0 spiro atoms. The van der Waals surface area contributed by atoms with E-state index in [1.54, 1.807) is 10.9 Å². The van der Waals surface area contributed by atoms with Gasteiger partial charge in [-0.1, -0.05) is 6.92 Å². The van der Waals surface area contributed by atoms with E-state index in [0.717, 1.165) is 6.42 Å². The van der Waals surface area contributed by atoms with Crippen LogP contribution in [0.3, 0.4) is 0 Å². The molecule has 0 radical (unpaired) electrons. The van der Waals surface area contributed by atoms with Gasteiger partial charge in [0.1, 0.15) is 6.23 Å². The molecule has 1 saturated heterocycles. The van der Waals surface area contributed by atoms with Crippen LogP contribution in [0.15, 0.2) is 17.4 Å². The molecule has 0 unspecified atom stereocenters. The molecule has 0 aromatic carbocycles. The second-order valence-electron chi connectivity index (χ2n) is 4.60. The molecule has 3 rings (SSSR count). The number of hydrogen-bond acceptors (Lipinski definition) is 5. The van der Waals surface area contributed by atoms with Crippen molar-refractivity contribution in [2.45, 2.75) is 25.7 Å². The van der Waals surface area contributed by atoms with Crippen molar-refractivity contribution >= 4 is 11.2 Å². The Balaban J connectivity index is 2.05. The highest BCUT2D eigenvalue weighted by atomic mass is 16.5. The number of aliphatic hydroxyl groups is 1. The third-order valence-corrected chi connectivity index (χ3v) is 3.30. The average molecular weight is 250 g/mol. The Morgan fingerprint density at radius 1 is 1.61 bits per heavy atom. The van der Waals surface area contributed by atoms with Gasteiger partial charge in [-0.05, 0) is 6.42 Å². The molecule has 7 nitrogen and oxygen atoms in total. The molecule has 7 heteroatoms. The van der Waals surface area contributed by atoms with Gasteiger partial charge in [-0.15, -0.1) is 0 Å². The topological polar surface area (TPSA) is 93.0 Å². The van der Waals surface area contributed by atoms with Gasteiger partial charge in [0.25, 0.3) is 5.56 Å². The summed E-state index contributed by atoms with van der Waals surface area (Å²) < 4.78 is 7.49. The molecule has 1 aliphatic heterocycles. The van der Waals surface area contributed by atoms with Gasteiger partial charge in [0, 0.05) is 5.92 Å². The third-order valence-electron chi connectivity index (χ3n) is 3.30. The largest absolute Gasteiger partial charge is 0.394 e. The Hall–Kier alpha value is -1.73.